The van der Waals surface area contributed by atoms with Gasteiger partial charge in [0, 0.05) is 43.4 Å². The minimum Gasteiger partial charge on any atom is -0.445 e. The molecule has 25 heavy (non-hydrogen) atoms. The van der Waals surface area contributed by atoms with Crippen LogP contribution in [0.1, 0.15) is 39.9 Å². The van der Waals surface area contributed by atoms with Gasteiger partial charge in [-0.3, -0.25) is 0 Å². The van der Waals surface area contributed by atoms with Crippen molar-refractivity contribution < 1.29 is 9.53 Å². The van der Waals surface area contributed by atoms with Crippen molar-refractivity contribution in [2.45, 2.75) is 38.3 Å². The largest absolute Gasteiger partial charge is 0.445 e. The maximum absolute atomic E-state index is 12.3. The minimum atomic E-state index is -0.204. The monoisotopic (exact) mass is 357 g/mol. The lowest BCUT2D eigenvalue weighted by atomic mass is 9.98. The van der Waals surface area contributed by atoms with Crippen molar-refractivity contribution in [1.82, 2.24) is 15.2 Å². The van der Waals surface area contributed by atoms with Crippen molar-refractivity contribution in [3.8, 4) is 0 Å². The van der Waals surface area contributed by atoms with Crippen LogP contribution in [0.2, 0.25) is 0 Å². The van der Waals surface area contributed by atoms with Crippen molar-refractivity contribution >= 4 is 17.4 Å². The molecule has 1 aromatic carbocycles. The number of carbonyl (C=O) groups is 1. The van der Waals surface area contributed by atoms with E-state index in [-0.39, 0.29) is 6.09 Å². The molecule has 5 nitrogen and oxygen atoms in total. The number of fused-ring (bicyclic) bond motifs is 1. The number of thiazole rings is 1. The second-order valence-corrected chi connectivity index (χ2v) is 7.77. The lowest BCUT2D eigenvalue weighted by Gasteiger charge is -2.30. The lowest BCUT2D eigenvalue weighted by Crippen LogP contribution is -2.38. The van der Waals surface area contributed by atoms with Gasteiger partial charge in [0.15, 0.2) is 0 Å². The molecule has 1 amide bonds. The molecule has 1 aromatic heterocycles. The summed E-state index contributed by atoms with van der Waals surface area (Å²) in [4.78, 5) is 20.3. The number of benzene rings is 1. The quantitative estimate of drug-likeness (QED) is 0.916. The molecule has 0 aliphatic carbocycles. The molecule has 2 aliphatic heterocycles. The Kier molecular flexibility index (Phi) is 4.99. The highest BCUT2D eigenvalue weighted by Gasteiger charge is 2.28. The summed E-state index contributed by atoms with van der Waals surface area (Å²) in [5.74, 6) is 0.480. The van der Waals surface area contributed by atoms with Crippen LogP contribution in [0.5, 0.6) is 0 Å². The number of likely N-dealkylation sites (tertiary alicyclic amines) is 1. The van der Waals surface area contributed by atoms with Crippen LogP contribution >= 0.6 is 11.3 Å². The van der Waals surface area contributed by atoms with Crippen molar-refractivity contribution in [1.29, 1.82) is 0 Å². The molecule has 0 unspecified atom stereocenters. The summed E-state index contributed by atoms with van der Waals surface area (Å²) in [7, 11) is 0. The normalized spacial score (nSPS) is 18.0. The molecule has 0 spiro atoms. The Morgan fingerprint density at radius 1 is 1.28 bits per heavy atom. The first-order chi connectivity index (χ1) is 12.3. The topological polar surface area (TPSA) is 54.5 Å². The van der Waals surface area contributed by atoms with E-state index < -0.39 is 0 Å². The van der Waals surface area contributed by atoms with Gasteiger partial charge in [0.05, 0.1) is 10.7 Å². The van der Waals surface area contributed by atoms with Gasteiger partial charge < -0.3 is 15.0 Å². The number of hydrogen-bond acceptors (Lipinski definition) is 5. The maximum Gasteiger partial charge on any atom is 0.410 e. The predicted molar refractivity (Wildman–Crippen MR) is 97.7 cm³/mol. The van der Waals surface area contributed by atoms with Crippen LogP contribution in [-0.4, -0.2) is 35.6 Å². The fraction of sp³-hybridized carbons (Fsp3) is 0.474. The lowest BCUT2D eigenvalue weighted by molar-refractivity contribution is 0.0870. The van der Waals surface area contributed by atoms with E-state index in [1.54, 1.807) is 0 Å². The van der Waals surface area contributed by atoms with E-state index in [2.05, 4.69) is 5.32 Å². The first kappa shape index (κ1) is 16.5. The molecule has 1 saturated heterocycles. The number of nitrogens with zero attached hydrogens (tertiary/aromatic N) is 2. The molecule has 0 saturated carbocycles. The van der Waals surface area contributed by atoms with E-state index in [1.165, 1.54) is 15.6 Å². The fourth-order valence-electron chi connectivity index (χ4n) is 3.44. The van der Waals surface area contributed by atoms with E-state index in [0.717, 1.165) is 51.0 Å². The van der Waals surface area contributed by atoms with Crippen LogP contribution in [0.25, 0.3) is 0 Å². The third kappa shape index (κ3) is 3.85. The van der Waals surface area contributed by atoms with Gasteiger partial charge in [0.2, 0.25) is 0 Å². The first-order valence-electron chi connectivity index (χ1n) is 8.94. The Balaban J connectivity index is 1.29. The third-order valence-corrected chi connectivity index (χ3v) is 6.19. The summed E-state index contributed by atoms with van der Waals surface area (Å²) in [6.45, 7) is 3.83. The average Bonchev–Trinajstić information content (AvgIpc) is 3.11. The second-order valence-electron chi connectivity index (χ2n) is 6.65. The van der Waals surface area contributed by atoms with Gasteiger partial charge in [-0.1, -0.05) is 30.3 Å². The molecule has 0 bridgehead atoms. The van der Waals surface area contributed by atoms with Crippen molar-refractivity contribution in [2.24, 2.45) is 0 Å². The number of aromatic nitrogens is 1. The number of ether oxygens (including phenoxy) is 1. The number of rotatable bonds is 3. The van der Waals surface area contributed by atoms with E-state index >= 15 is 0 Å². The summed E-state index contributed by atoms with van der Waals surface area (Å²) >= 11 is 1.85. The van der Waals surface area contributed by atoms with Crippen molar-refractivity contribution in [3.05, 3.63) is 51.5 Å². The van der Waals surface area contributed by atoms with Gasteiger partial charge in [-0.2, -0.15) is 0 Å². The molecule has 0 radical (unpaired) electrons. The predicted octanol–water partition coefficient (Wildman–Crippen LogP) is 3.31. The molecule has 2 aromatic rings. The summed E-state index contributed by atoms with van der Waals surface area (Å²) < 4.78 is 5.44. The highest BCUT2D eigenvalue weighted by molar-refractivity contribution is 7.11. The van der Waals surface area contributed by atoms with Crippen molar-refractivity contribution in [2.75, 3.05) is 19.6 Å². The number of hydrogen-bond donors (Lipinski definition) is 1. The molecular formula is C19H23N3O2S. The van der Waals surface area contributed by atoms with Crippen LogP contribution < -0.4 is 5.32 Å². The smallest absolute Gasteiger partial charge is 0.410 e. The Hall–Kier alpha value is -1.92. The molecule has 1 N–H and O–H groups in total. The zero-order valence-corrected chi connectivity index (χ0v) is 15.1. The minimum absolute atomic E-state index is 0.204. The van der Waals surface area contributed by atoms with Crippen LogP contribution in [0, 0.1) is 0 Å². The van der Waals surface area contributed by atoms with Crippen LogP contribution in [0.15, 0.2) is 30.3 Å². The highest BCUT2D eigenvalue weighted by atomic mass is 32.1. The average molecular weight is 357 g/mol. The molecule has 0 atom stereocenters. The number of amides is 1. The van der Waals surface area contributed by atoms with Crippen LogP contribution in [0.4, 0.5) is 4.79 Å². The number of carbonyl (C=O) groups excluding carboxylic acids is 1. The maximum atomic E-state index is 12.3. The van der Waals surface area contributed by atoms with Crippen molar-refractivity contribution in [3.63, 3.8) is 0 Å². The number of piperidine rings is 1. The van der Waals surface area contributed by atoms with E-state index in [0.29, 0.717) is 12.5 Å². The SMILES string of the molecule is O=C(OCc1ccccc1)N1CCC(c2nc3c(s2)CNCC3)CC1. The number of nitrogens with one attached hydrogen (secondary N) is 1. The molecule has 132 valence electrons. The van der Waals surface area contributed by atoms with E-state index in [4.69, 9.17) is 9.72 Å². The summed E-state index contributed by atoms with van der Waals surface area (Å²) in [6, 6.07) is 9.81. The zero-order valence-electron chi connectivity index (χ0n) is 14.2. The van der Waals surface area contributed by atoms with Gasteiger partial charge in [-0.05, 0) is 18.4 Å². The molecule has 4 rings (SSSR count). The van der Waals surface area contributed by atoms with Crippen LogP contribution in [-0.2, 0) is 24.3 Å². The molecule has 2 aliphatic rings. The first-order valence-corrected chi connectivity index (χ1v) is 9.76. The van der Waals surface area contributed by atoms with Gasteiger partial charge in [0.25, 0.3) is 0 Å². The van der Waals surface area contributed by atoms with Gasteiger partial charge in [-0.25, -0.2) is 9.78 Å². The fourth-order valence-corrected chi connectivity index (χ4v) is 4.69. The Morgan fingerprint density at radius 2 is 2.08 bits per heavy atom. The Morgan fingerprint density at radius 3 is 2.84 bits per heavy atom. The second kappa shape index (κ2) is 7.54. The zero-order chi connectivity index (χ0) is 17.1. The Bertz CT molecular complexity index is 700. The summed E-state index contributed by atoms with van der Waals surface area (Å²) in [6.07, 6.45) is 2.78. The van der Waals surface area contributed by atoms with Crippen LogP contribution in [0.3, 0.4) is 0 Å². The summed E-state index contributed by atoms with van der Waals surface area (Å²) in [5, 5.41) is 4.66. The molecule has 6 heteroatoms. The standard InChI is InChI=1S/C19H23N3O2S/c23-19(24-13-14-4-2-1-3-5-14)22-10-7-15(8-11-22)18-21-16-6-9-20-12-17(16)25-18/h1-5,15,20H,6-13H2. The third-order valence-electron chi connectivity index (χ3n) is 4.93. The van der Waals surface area contributed by atoms with Gasteiger partial charge in [-0.15, -0.1) is 11.3 Å². The molecular weight excluding hydrogens is 334 g/mol. The molecule has 1 fully saturated rings. The summed E-state index contributed by atoms with van der Waals surface area (Å²) in [5.41, 5.74) is 2.30. The van der Waals surface area contributed by atoms with E-state index in [9.17, 15) is 4.79 Å². The van der Waals surface area contributed by atoms with Gasteiger partial charge in [0.1, 0.15) is 6.61 Å². The van der Waals surface area contributed by atoms with Gasteiger partial charge >= 0.3 is 6.09 Å². The molecule has 3 heterocycles. The van der Waals surface area contributed by atoms with E-state index in [1.807, 2.05) is 46.6 Å². The highest BCUT2D eigenvalue weighted by Crippen LogP contribution is 2.33. The Labute approximate surface area is 152 Å².